The lowest BCUT2D eigenvalue weighted by Gasteiger charge is -2.30. The maximum Gasteiger partial charge on any atom is 0.131 e. The molecular weight excluding hydrogens is 312 g/mol. The van der Waals surface area contributed by atoms with Crippen LogP contribution < -0.4 is 15.2 Å². The lowest BCUT2D eigenvalue weighted by atomic mass is 9.94. The smallest absolute Gasteiger partial charge is 0.131 e. The quantitative estimate of drug-likeness (QED) is 0.892. The van der Waals surface area contributed by atoms with Gasteiger partial charge in [0, 0.05) is 35.6 Å². The molecular formula is C21H26N2O2. The van der Waals surface area contributed by atoms with E-state index in [0.717, 1.165) is 22.6 Å². The first-order chi connectivity index (χ1) is 12.1. The zero-order valence-corrected chi connectivity index (χ0v) is 14.9. The predicted octanol–water partition coefficient (Wildman–Crippen LogP) is 4.49. The Kier molecular flexibility index (Phi) is 4.38. The van der Waals surface area contributed by atoms with Gasteiger partial charge in [0.2, 0.25) is 0 Å². The second kappa shape index (κ2) is 6.68. The fourth-order valence-corrected chi connectivity index (χ4v) is 4.20. The molecule has 2 aliphatic rings. The van der Waals surface area contributed by atoms with Crippen LogP contribution in [0.15, 0.2) is 36.7 Å². The molecule has 1 fully saturated rings. The second-order valence-corrected chi connectivity index (χ2v) is 7.37. The Balaban J connectivity index is 1.62. The molecule has 0 bridgehead atoms. The Morgan fingerprint density at radius 3 is 2.76 bits per heavy atom. The van der Waals surface area contributed by atoms with Gasteiger partial charge in [-0.15, -0.1) is 0 Å². The van der Waals surface area contributed by atoms with Gasteiger partial charge < -0.3 is 15.2 Å². The summed E-state index contributed by atoms with van der Waals surface area (Å²) >= 11 is 0. The van der Waals surface area contributed by atoms with Gasteiger partial charge in [-0.1, -0.05) is 12.8 Å². The van der Waals surface area contributed by atoms with E-state index >= 15 is 0 Å². The molecule has 132 valence electrons. The topological polar surface area (TPSA) is 57.4 Å². The van der Waals surface area contributed by atoms with Crippen LogP contribution in [-0.2, 0) is 0 Å². The summed E-state index contributed by atoms with van der Waals surface area (Å²) in [6.07, 6.45) is 8.77. The number of hydrogen-bond donors (Lipinski definition) is 1. The highest BCUT2D eigenvalue weighted by Crippen LogP contribution is 2.43. The summed E-state index contributed by atoms with van der Waals surface area (Å²) < 4.78 is 12.4. The van der Waals surface area contributed by atoms with Crippen LogP contribution in [0.1, 0.15) is 51.2 Å². The van der Waals surface area contributed by atoms with E-state index < -0.39 is 0 Å². The van der Waals surface area contributed by atoms with E-state index in [2.05, 4.69) is 24.0 Å². The zero-order valence-electron chi connectivity index (χ0n) is 14.9. The van der Waals surface area contributed by atoms with Crippen LogP contribution in [0, 0.1) is 5.92 Å². The number of benzene rings is 1. The second-order valence-electron chi connectivity index (χ2n) is 7.37. The zero-order chi connectivity index (χ0) is 17.4. The highest BCUT2D eigenvalue weighted by atomic mass is 16.5. The first-order valence-electron chi connectivity index (χ1n) is 9.30. The Morgan fingerprint density at radius 2 is 2.00 bits per heavy atom. The molecule has 3 atom stereocenters. The van der Waals surface area contributed by atoms with Crippen LogP contribution in [0.5, 0.6) is 11.5 Å². The fourth-order valence-electron chi connectivity index (χ4n) is 4.20. The van der Waals surface area contributed by atoms with E-state index in [1.165, 1.54) is 31.2 Å². The number of pyridine rings is 1. The summed E-state index contributed by atoms with van der Waals surface area (Å²) in [6, 6.07) is 8.21. The standard InChI is InChI=1S/C21H26N2O2/c1-13(22)21(15-5-3-4-6-15)25-16-7-8-18-17-9-10-23-12-19(17)14(2)24-20(18)11-16/h7-15,21H,3-6,22H2,1-2H3/t13-,14?,21?/m0/s1. The van der Waals surface area contributed by atoms with E-state index in [0.29, 0.717) is 5.92 Å². The Morgan fingerprint density at radius 1 is 1.20 bits per heavy atom. The molecule has 2 aromatic rings. The Bertz CT molecular complexity index is 753. The van der Waals surface area contributed by atoms with E-state index in [4.69, 9.17) is 15.2 Å². The highest BCUT2D eigenvalue weighted by molar-refractivity contribution is 5.76. The van der Waals surface area contributed by atoms with Crippen molar-refractivity contribution >= 4 is 0 Å². The first-order valence-corrected chi connectivity index (χ1v) is 9.30. The molecule has 1 saturated carbocycles. The third-order valence-electron chi connectivity index (χ3n) is 5.49. The molecule has 0 amide bonds. The largest absolute Gasteiger partial charge is 0.488 e. The van der Waals surface area contributed by atoms with Crippen molar-refractivity contribution in [1.82, 2.24) is 4.98 Å². The fraction of sp³-hybridized carbons (Fsp3) is 0.476. The summed E-state index contributed by atoms with van der Waals surface area (Å²) in [5.74, 6) is 2.28. The molecule has 2 heterocycles. The van der Waals surface area contributed by atoms with Gasteiger partial charge in [-0.25, -0.2) is 0 Å². The number of rotatable bonds is 4. The summed E-state index contributed by atoms with van der Waals surface area (Å²) in [6.45, 7) is 4.10. The van der Waals surface area contributed by atoms with Crippen molar-refractivity contribution in [1.29, 1.82) is 0 Å². The van der Waals surface area contributed by atoms with Crippen molar-refractivity contribution in [3.05, 3.63) is 42.2 Å². The van der Waals surface area contributed by atoms with Gasteiger partial charge >= 0.3 is 0 Å². The van der Waals surface area contributed by atoms with Crippen molar-refractivity contribution in [2.45, 2.75) is 57.8 Å². The van der Waals surface area contributed by atoms with Crippen molar-refractivity contribution < 1.29 is 9.47 Å². The first kappa shape index (κ1) is 16.4. The molecule has 4 rings (SSSR count). The lowest BCUT2D eigenvalue weighted by Crippen LogP contribution is -2.41. The molecule has 0 radical (unpaired) electrons. The predicted molar refractivity (Wildman–Crippen MR) is 98.7 cm³/mol. The third-order valence-corrected chi connectivity index (χ3v) is 5.49. The number of nitrogens with zero attached hydrogens (tertiary/aromatic N) is 1. The lowest BCUT2D eigenvalue weighted by molar-refractivity contribution is 0.114. The number of hydrogen-bond acceptors (Lipinski definition) is 4. The minimum absolute atomic E-state index is 0.00879. The average molecular weight is 338 g/mol. The van der Waals surface area contributed by atoms with Gasteiger partial charge in [0.05, 0.1) is 0 Å². The van der Waals surface area contributed by atoms with Gasteiger partial charge in [0.1, 0.15) is 23.7 Å². The SMILES string of the molecule is CC1Oc2cc(OC(C3CCCC3)[C@H](C)N)ccc2-c2ccncc21. The average Bonchev–Trinajstić information content (AvgIpc) is 3.13. The molecule has 1 aromatic heterocycles. The van der Waals surface area contributed by atoms with Crippen molar-refractivity contribution in [2.75, 3.05) is 0 Å². The van der Waals surface area contributed by atoms with Crippen LogP contribution in [0.3, 0.4) is 0 Å². The maximum atomic E-state index is 6.33. The number of ether oxygens (including phenoxy) is 2. The van der Waals surface area contributed by atoms with Crippen LogP contribution in [0.4, 0.5) is 0 Å². The molecule has 25 heavy (non-hydrogen) atoms. The maximum absolute atomic E-state index is 6.33. The minimum Gasteiger partial charge on any atom is -0.488 e. The molecule has 0 spiro atoms. The van der Waals surface area contributed by atoms with Gasteiger partial charge in [-0.05, 0) is 56.4 Å². The summed E-state index contributed by atoms with van der Waals surface area (Å²) in [7, 11) is 0. The third kappa shape index (κ3) is 3.11. The van der Waals surface area contributed by atoms with E-state index in [9.17, 15) is 0 Å². The van der Waals surface area contributed by atoms with Crippen LogP contribution in [0.25, 0.3) is 11.1 Å². The Hall–Kier alpha value is -2.07. The van der Waals surface area contributed by atoms with Gasteiger partial charge in [-0.2, -0.15) is 0 Å². The van der Waals surface area contributed by atoms with Crippen LogP contribution >= 0.6 is 0 Å². The van der Waals surface area contributed by atoms with Crippen molar-refractivity contribution in [2.24, 2.45) is 11.7 Å². The highest BCUT2D eigenvalue weighted by Gasteiger charge is 2.30. The van der Waals surface area contributed by atoms with Gasteiger partial charge in [-0.3, -0.25) is 4.98 Å². The van der Waals surface area contributed by atoms with Crippen LogP contribution in [0.2, 0.25) is 0 Å². The van der Waals surface area contributed by atoms with E-state index in [-0.39, 0.29) is 18.2 Å². The molecule has 4 heteroatoms. The summed E-state index contributed by atoms with van der Waals surface area (Å²) in [4.78, 5) is 4.22. The molecule has 2 N–H and O–H groups in total. The monoisotopic (exact) mass is 338 g/mol. The molecule has 2 unspecified atom stereocenters. The van der Waals surface area contributed by atoms with Crippen molar-refractivity contribution in [3.63, 3.8) is 0 Å². The van der Waals surface area contributed by atoms with E-state index in [1.54, 1.807) is 0 Å². The number of aromatic nitrogens is 1. The molecule has 0 saturated heterocycles. The molecule has 1 aliphatic carbocycles. The summed E-state index contributed by atoms with van der Waals surface area (Å²) in [5, 5.41) is 0. The number of fused-ring (bicyclic) bond motifs is 3. The van der Waals surface area contributed by atoms with Gasteiger partial charge in [0.25, 0.3) is 0 Å². The van der Waals surface area contributed by atoms with Crippen LogP contribution in [-0.4, -0.2) is 17.1 Å². The minimum atomic E-state index is -0.00879. The molecule has 1 aromatic carbocycles. The van der Waals surface area contributed by atoms with E-state index in [1.807, 2.05) is 31.5 Å². The summed E-state index contributed by atoms with van der Waals surface area (Å²) in [5.41, 5.74) is 9.64. The van der Waals surface area contributed by atoms with Crippen molar-refractivity contribution in [3.8, 4) is 22.6 Å². The molecule has 4 nitrogen and oxygen atoms in total. The Labute approximate surface area is 149 Å². The number of nitrogens with two attached hydrogens (primary N) is 1. The van der Waals surface area contributed by atoms with Gasteiger partial charge in [0.15, 0.2) is 0 Å². The molecule has 1 aliphatic heterocycles. The normalized spacial score (nSPS) is 21.8.